The lowest BCUT2D eigenvalue weighted by Crippen LogP contribution is -2.26. The van der Waals surface area contributed by atoms with Crippen LogP contribution in [0.3, 0.4) is 0 Å². The summed E-state index contributed by atoms with van der Waals surface area (Å²) in [6, 6.07) is 9.16. The average molecular weight is 335 g/mol. The minimum atomic E-state index is -0.440. The van der Waals surface area contributed by atoms with Gasteiger partial charge in [-0.25, -0.2) is 4.39 Å². The Morgan fingerprint density at radius 3 is 3.00 bits per heavy atom. The van der Waals surface area contributed by atoms with Crippen LogP contribution in [0.4, 0.5) is 10.1 Å². The third kappa shape index (κ3) is 3.40. The molecule has 6 nitrogen and oxygen atoms in total. The average Bonchev–Trinajstić information content (AvgIpc) is 2.91. The fraction of sp³-hybridized carbons (Fsp3) is 0.133. The van der Waals surface area contributed by atoms with E-state index in [1.807, 2.05) is 0 Å². The summed E-state index contributed by atoms with van der Waals surface area (Å²) in [6.45, 7) is 1.46. The Hall–Kier alpha value is -2.67. The van der Waals surface area contributed by atoms with Gasteiger partial charge in [0.15, 0.2) is 6.61 Å². The summed E-state index contributed by atoms with van der Waals surface area (Å²) in [5.41, 5.74) is 2.28. The van der Waals surface area contributed by atoms with Crippen LogP contribution in [0.2, 0.25) is 5.02 Å². The van der Waals surface area contributed by atoms with Gasteiger partial charge in [-0.15, -0.1) is 5.10 Å². The molecule has 3 aromatic rings. The molecule has 118 valence electrons. The van der Waals surface area contributed by atoms with Gasteiger partial charge in [-0.1, -0.05) is 22.5 Å². The van der Waals surface area contributed by atoms with E-state index in [1.54, 1.807) is 31.2 Å². The molecular formula is C15H12ClFN4O2. The standard InChI is InChI=1S/C15H12ClFN4O2/c1-9-2-4-11(17)7-13(9)18-15(22)8-23-21-14-6-10(16)3-5-12(14)19-20-21/h2-7H,8H2,1H3,(H,18,22). The number of carbonyl (C=O) groups excluding carboxylic acids is 1. The Morgan fingerprint density at radius 2 is 2.17 bits per heavy atom. The van der Waals surface area contributed by atoms with E-state index in [1.165, 1.54) is 12.1 Å². The van der Waals surface area contributed by atoms with Crippen LogP contribution in [0, 0.1) is 12.7 Å². The summed E-state index contributed by atoms with van der Waals surface area (Å²) in [5.74, 6) is -0.867. The van der Waals surface area contributed by atoms with Crippen LogP contribution in [-0.2, 0) is 4.79 Å². The fourth-order valence-corrected chi connectivity index (χ4v) is 2.17. The van der Waals surface area contributed by atoms with Crippen LogP contribution >= 0.6 is 11.6 Å². The maximum atomic E-state index is 13.2. The molecule has 0 fully saturated rings. The number of benzene rings is 2. The Morgan fingerprint density at radius 1 is 1.35 bits per heavy atom. The minimum Gasteiger partial charge on any atom is -0.385 e. The second kappa shape index (κ2) is 6.21. The first-order chi connectivity index (χ1) is 11.0. The van der Waals surface area contributed by atoms with Crippen molar-refractivity contribution in [1.82, 2.24) is 15.2 Å². The van der Waals surface area contributed by atoms with Gasteiger partial charge in [-0.05, 0) is 48.0 Å². The molecule has 0 aliphatic heterocycles. The summed E-state index contributed by atoms with van der Waals surface area (Å²) < 4.78 is 13.2. The van der Waals surface area contributed by atoms with Crippen molar-refractivity contribution in [2.24, 2.45) is 0 Å². The van der Waals surface area contributed by atoms with Gasteiger partial charge in [-0.3, -0.25) is 4.79 Å². The van der Waals surface area contributed by atoms with E-state index in [2.05, 4.69) is 15.6 Å². The normalized spacial score (nSPS) is 10.7. The van der Waals surface area contributed by atoms with E-state index in [4.69, 9.17) is 16.4 Å². The predicted octanol–water partition coefficient (Wildman–Crippen LogP) is 2.60. The first-order valence-electron chi connectivity index (χ1n) is 6.73. The van der Waals surface area contributed by atoms with Crippen LogP contribution in [0.5, 0.6) is 0 Å². The number of amides is 1. The lowest BCUT2D eigenvalue weighted by atomic mass is 10.2. The lowest BCUT2D eigenvalue weighted by molar-refractivity contribution is -0.121. The number of nitrogens with one attached hydrogen (secondary N) is 1. The summed E-state index contributed by atoms with van der Waals surface area (Å²) >= 11 is 5.91. The quantitative estimate of drug-likeness (QED) is 0.796. The zero-order valence-corrected chi connectivity index (χ0v) is 12.8. The van der Waals surface area contributed by atoms with E-state index in [9.17, 15) is 9.18 Å². The fourth-order valence-electron chi connectivity index (χ4n) is 2.00. The maximum Gasteiger partial charge on any atom is 0.265 e. The molecule has 0 aliphatic carbocycles. The van der Waals surface area contributed by atoms with Crippen molar-refractivity contribution in [1.29, 1.82) is 0 Å². The van der Waals surface area contributed by atoms with E-state index in [0.29, 0.717) is 21.7 Å². The molecule has 0 spiro atoms. The highest BCUT2D eigenvalue weighted by Gasteiger charge is 2.10. The molecule has 1 heterocycles. The van der Waals surface area contributed by atoms with Gasteiger partial charge in [0.25, 0.3) is 5.91 Å². The zero-order valence-electron chi connectivity index (χ0n) is 12.1. The van der Waals surface area contributed by atoms with Crippen molar-refractivity contribution in [2.45, 2.75) is 6.92 Å². The van der Waals surface area contributed by atoms with Crippen LogP contribution < -0.4 is 10.2 Å². The van der Waals surface area contributed by atoms with Crippen LogP contribution in [0.25, 0.3) is 11.0 Å². The van der Waals surface area contributed by atoms with Crippen LogP contribution in [-0.4, -0.2) is 27.7 Å². The van der Waals surface area contributed by atoms with Crippen molar-refractivity contribution < 1.29 is 14.0 Å². The molecule has 1 N–H and O–H groups in total. The molecule has 0 bridgehead atoms. The van der Waals surface area contributed by atoms with Gasteiger partial charge in [0.2, 0.25) is 0 Å². The van der Waals surface area contributed by atoms with E-state index in [-0.39, 0.29) is 6.61 Å². The summed E-state index contributed by atoms with van der Waals surface area (Å²) in [4.78, 5) is 18.3. The summed E-state index contributed by atoms with van der Waals surface area (Å²) in [7, 11) is 0. The Balaban J connectivity index is 1.68. The van der Waals surface area contributed by atoms with Gasteiger partial charge in [0, 0.05) is 10.7 Å². The zero-order chi connectivity index (χ0) is 16.4. The highest BCUT2D eigenvalue weighted by molar-refractivity contribution is 6.31. The maximum absolute atomic E-state index is 13.2. The van der Waals surface area contributed by atoms with Crippen molar-refractivity contribution >= 4 is 34.2 Å². The van der Waals surface area contributed by atoms with Crippen molar-refractivity contribution in [2.75, 3.05) is 11.9 Å². The van der Waals surface area contributed by atoms with E-state index >= 15 is 0 Å². The van der Waals surface area contributed by atoms with Crippen molar-refractivity contribution in [3.05, 3.63) is 52.8 Å². The predicted molar refractivity (Wildman–Crippen MR) is 83.8 cm³/mol. The smallest absolute Gasteiger partial charge is 0.265 e. The van der Waals surface area contributed by atoms with Gasteiger partial charge in [-0.2, -0.15) is 0 Å². The molecule has 0 unspecified atom stereocenters. The number of halogens is 2. The summed E-state index contributed by atoms with van der Waals surface area (Å²) in [5, 5.41) is 10.8. The van der Waals surface area contributed by atoms with Gasteiger partial charge < -0.3 is 10.2 Å². The number of hydrogen-bond donors (Lipinski definition) is 1. The number of nitrogens with zero attached hydrogens (tertiary/aromatic N) is 3. The number of anilines is 1. The first-order valence-corrected chi connectivity index (χ1v) is 7.11. The van der Waals surface area contributed by atoms with Crippen LogP contribution in [0.15, 0.2) is 36.4 Å². The molecule has 2 aromatic carbocycles. The molecule has 0 saturated carbocycles. The highest BCUT2D eigenvalue weighted by Crippen LogP contribution is 2.17. The largest absolute Gasteiger partial charge is 0.385 e. The molecular weight excluding hydrogens is 323 g/mol. The Bertz CT molecular complexity index is 881. The molecule has 1 aromatic heterocycles. The third-order valence-corrected chi connectivity index (χ3v) is 3.40. The van der Waals surface area contributed by atoms with Crippen molar-refractivity contribution in [3.8, 4) is 0 Å². The monoisotopic (exact) mass is 334 g/mol. The molecule has 0 saturated heterocycles. The molecule has 3 rings (SSSR count). The first kappa shape index (κ1) is 15.2. The molecule has 0 aliphatic rings. The number of carbonyl (C=O) groups is 1. The molecule has 0 atom stereocenters. The second-order valence-corrected chi connectivity index (χ2v) is 5.31. The molecule has 23 heavy (non-hydrogen) atoms. The topological polar surface area (TPSA) is 69.0 Å². The number of fused-ring (bicyclic) bond motifs is 1. The van der Waals surface area contributed by atoms with Gasteiger partial charge in [0.05, 0.1) is 0 Å². The van der Waals surface area contributed by atoms with Gasteiger partial charge in [0.1, 0.15) is 16.9 Å². The molecule has 8 heteroatoms. The highest BCUT2D eigenvalue weighted by atomic mass is 35.5. The number of rotatable bonds is 4. The number of aromatic nitrogens is 3. The van der Waals surface area contributed by atoms with E-state index in [0.717, 1.165) is 10.4 Å². The SMILES string of the molecule is Cc1ccc(F)cc1NC(=O)COn1nnc2ccc(Cl)cc21. The molecule has 0 radical (unpaired) electrons. The Kier molecular flexibility index (Phi) is 4.12. The van der Waals surface area contributed by atoms with Gasteiger partial charge >= 0.3 is 0 Å². The number of hydrogen-bond acceptors (Lipinski definition) is 4. The van der Waals surface area contributed by atoms with E-state index < -0.39 is 11.7 Å². The van der Waals surface area contributed by atoms with Crippen LogP contribution in [0.1, 0.15) is 5.56 Å². The number of aryl methyl sites for hydroxylation is 1. The second-order valence-electron chi connectivity index (χ2n) is 4.88. The minimum absolute atomic E-state index is 0.305. The third-order valence-electron chi connectivity index (χ3n) is 3.17. The van der Waals surface area contributed by atoms with Crippen molar-refractivity contribution in [3.63, 3.8) is 0 Å². The Labute approximate surface area is 135 Å². The lowest BCUT2D eigenvalue weighted by Gasteiger charge is -2.09. The summed E-state index contributed by atoms with van der Waals surface area (Å²) in [6.07, 6.45) is 0. The molecule has 1 amide bonds.